The first-order valence-corrected chi connectivity index (χ1v) is 7.98. The summed E-state index contributed by atoms with van der Waals surface area (Å²) in [4.78, 5) is 2.74. The van der Waals surface area contributed by atoms with Crippen LogP contribution in [-0.4, -0.2) is 6.79 Å². The Hall–Kier alpha value is -1.30. The fraction of sp³-hybridized carbons (Fsp3) is 0.0769. The molecule has 4 rings (SSSR count). The van der Waals surface area contributed by atoms with E-state index in [1.165, 1.54) is 9.75 Å². The lowest BCUT2D eigenvalue weighted by molar-refractivity contribution is 0.175. The van der Waals surface area contributed by atoms with E-state index in [9.17, 15) is 0 Å². The number of hydrogen-bond acceptors (Lipinski definition) is 5. The molecule has 0 spiro atoms. The van der Waals surface area contributed by atoms with Gasteiger partial charge >= 0.3 is 0 Å². The lowest BCUT2D eigenvalue weighted by Gasteiger charge is -1.85. The fourth-order valence-electron chi connectivity index (χ4n) is 1.48. The van der Waals surface area contributed by atoms with E-state index in [-0.39, 0.29) is 0 Å². The van der Waals surface area contributed by atoms with Crippen LogP contribution in [0.2, 0.25) is 0 Å². The molecule has 0 saturated heterocycles. The summed E-state index contributed by atoms with van der Waals surface area (Å²) < 4.78 is 10.1. The molecule has 0 amide bonds. The minimum absolute atomic E-state index is 0.391. The van der Waals surface area contributed by atoms with Crippen LogP contribution in [0.1, 0.15) is 0 Å². The predicted octanol–water partition coefficient (Wildman–Crippen LogP) is 4.95. The van der Waals surface area contributed by atoms with E-state index in [2.05, 4.69) is 35.0 Å². The highest BCUT2D eigenvalue weighted by molar-refractivity contribution is 7.20. The summed E-state index contributed by atoms with van der Waals surface area (Å²) >= 11 is 5.15. The second-order valence-electron chi connectivity index (χ2n) is 3.43. The third-order valence-electron chi connectivity index (χ3n) is 2.29. The van der Waals surface area contributed by atoms with Crippen molar-refractivity contribution < 1.29 is 9.47 Å². The molecular weight excluding hydrogens is 284 g/mol. The zero-order chi connectivity index (χ0) is 12.2. The Bertz CT molecular complexity index is 531. The molecular formula is C13H10O2S3. The summed E-state index contributed by atoms with van der Waals surface area (Å²) in [5.74, 6) is 0.884. The second-order valence-corrected chi connectivity index (χ2v) is 6.21. The Kier molecular flexibility index (Phi) is 3.64. The van der Waals surface area contributed by atoms with E-state index in [0.29, 0.717) is 6.79 Å². The van der Waals surface area contributed by atoms with Crippen molar-refractivity contribution >= 4 is 34.0 Å². The third kappa shape index (κ3) is 2.58. The van der Waals surface area contributed by atoms with Crippen molar-refractivity contribution in [2.24, 2.45) is 0 Å². The maximum atomic E-state index is 5.03. The number of ether oxygens (including phenoxy) is 2. The van der Waals surface area contributed by atoms with E-state index < -0.39 is 0 Å². The van der Waals surface area contributed by atoms with Crippen LogP contribution in [0.5, 0.6) is 10.8 Å². The SMILES string of the molecule is c1cc2c(s1)OCO2.c1csc(-c2cccs2)c1. The van der Waals surface area contributed by atoms with Crippen LogP contribution in [0.3, 0.4) is 0 Å². The van der Waals surface area contributed by atoms with Gasteiger partial charge in [0.05, 0.1) is 0 Å². The van der Waals surface area contributed by atoms with Crippen molar-refractivity contribution in [3.8, 4) is 20.6 Å². The molecule has 5 heteroatoms. The average Bonchev–Trinajstić information content (AvgIpc) is 3.16. The molecule has 0 unspecified atom stereocenters. The molecule has 0 atom stereocenters. The van der Waals surface area contributed by atoms with Gasteiger partial charge in [0.2, 0.25) is 11.9 Å². The van der Waals surface area contributed by atoms with Gasteiger partial charge in [-0.15, -0.1) is 34.0 Å². The first kappa shape index (κ1) is 11.8. The number of rotatable bonds is 1. The molecule has 92 valence electrons. The number of hydrogen-bond donors (Lipinski definition) is 0. The van der Waals surface area contributed by atoms with Crippen LogP contribution in [-0.2, 0) is 0 Å². The van der Waals surface area contributed by atoms with Gasteiger partial charge in [-0.3, -0.25) is 0 Å². The average molecular weight is 294 g/mol. The normalized spacial score (nSPS) is 12.0. The van der Waals surface area contributed by atoms with Crippen molar-refractivity contribution in [3.05, 3.63) is 46.5 Å². The maximum Gasteiger partial charge on any atom is 0.232 e. The molecule has 0 bridgehead atoms. The van der Waals surface area contributed by atoms with Crippen LogP contribution >= 0.6 is 34.0 Å². The van der Waals surface area contributed by atoms with Gasteiger partial charge in [0.15, 0.2) is 5.75 Å². The Balaban J connectivity index is 0.000000114. The summed E-state index contributed by atoms with van der Waals surface area (Å²) in [6.07, 6.45) is 0. The Morgan fingerprint density at radius 3 is 2.06 bits per heavy atom. The topological polar surface area (TPSA) is 18.5 Å². The minimum Gasteiger partial charge on any atom is -0.453 e. The van der Waals surface area contributed by atoms with Crippen molar-refractivity contribution in [2.75, 3.05) is 6.79 Å². The standard InChI is InChI=1S/C8H6S2.C5H4O2S/c1-3-7(9-5-1)8-4-2-6-10-8;1-2-8-5-4(1)6-3-7-5/h1-6H;1-2H,3H2. The summed E-state index contributed by atoms with van der Waals surface area (Å²) in [6.45, 7) is 0.391. The molecule has 1 aliphatic rings. The molecule has 4 heterocycles. The molecule has 18 heavy (non-hydrogen) atoms. The third-order valence-corrected chi connectivity index (χ3v) is 5.03. The highest BCUT2D eigenvalue weighted by atomic mass is 32.1. The van der Waals surface area contributed by atoms with Gasteiger partial charge in [-0.05, 0) is 34.3 Å². The first-order chi connectivity index (χ1) is 8.93. The van der Waals surface area contributed by atoms with Crippen molar-refractivity contribution in [1.29, 1.82) is 0 Å². The lowest BCUT2D eigenvalue weighted by Crippen LogP contribution is -1.93. The van der Waals surface area contributed by atoms with E-state index >= 15 is 0 Å². The van der Waals surface area contributed by atoms with Gasteiger partial charge in [0.1, 0.15) is 0 Å². The molecule has 0 radical (unpaired) electrons. The Morgan fingerprint density at radius 1 is 0.778 bits per heavy atom. The van der Waals surface area contributed by atoms with Crippen molar-refractivity contribution in [3.63, 3.8) is 0 Å². The van der Waals surface area contributed by atoms with Gasteiger partial charge in [-0.25, -0.2) is 0 Å². The van der Waals surface area contributed by atoms with Gasteiger partial charge in [0, 0.05) is 9.75 Å². The van der Waals surface area contributed by atoms with E-state index in [0.717, 1.165) is 10.8 Å². The molecule has 2 nitrogen and oxygen atoms in total. The summed E-state index contributed by atoms with van der Waals surface area (Å²) in [5, 5.41) is 7.07. The van der Waals surface area contributed by atoms with Crippen LogP contribution in [0.15, 0.2) is 46.5 Å². The van der Waals surface area contributed by atoms with E-state index in [1.807, 2.05) is 11.4 Å². The quantitative estimate of drug-likeness (QED) is 0.632. The summed E-state index contributed by atoms with van der Waals surface area (Å²) in [6, 6.07) is 10.4. The van der Waals surface area contributed by atoms with Crippen LogP contribution in [0.4, 0.5) is 0 Å². The minimum atomic E-state index is 0.391. The molecule has 0 N–H and O–H groups in total. The predicted molar refractivity (Wildman–Crippen MR) is 78.1 cm³/mol. The number of thiophene rings is 3. The highest BCUT2D eigenvalue weighted by Gasteiger charge is 2.12. The van der Waals surface area contributed by atoms with E-state index in [4.69, 9.17) is 9.47 Å². The Morgan fingerprint density at radius 2 is 1.50 bits per heavy atom. The maximum absolute atomic E-state index is 5.03. The summed E-state index contributed by atoms with van der Waals surface area (Å²) in [5.41, 5.74) is 0. The second kappa shape index (κ2) is 5.56. The molecule has 3 aromatic heterocycles. The van der Waals surface area contributed by atoms with Crippen molar-refractivity contribution in [2.45, 2.75) is 0 Å². The number of fused-ring (bicyclic) bond motifs is 1. The first-order valence-electron chi connectivity index (χ1n) is 5.34. The smallest absolute Gasteiger partial charge is 0.232 e. The van der Waals surface area contributed by atoms with Gasteiger partial charge in [-0.2, -0.15) is 0 Å². The molecule has 1 aliphatic heterocycles. The van der Waals surface area contributed by atoms with Gasteiger partial charge in [0.25, 0.3) is 0 Å². The molecule has 0 aromatic carbocycles. The van der Waals surface area contributed by atoms with Gasteiger partial charge < -0.3 is 9.47 Å². The molecule has 3 aromatic rings. The monoisotopic (exact) mass is 294 g/mol. The van der Waals surface area contributed by atoms with E-state index in [1.54, 1.807) is 34.0 Å². The lowest BCUT2D eigenvalue weighted by atomic mass is 10.4. The zero-order valence-electron chi connectivity index (χ0n) is 9.37. The largest absolute Gasteiger partial charge is 0.453 e. The van der Waals surface area contributed by atoms with Crippen LogP contribution in [0.25, 0.3) is 9.75 Å². The Labute approximate surface area is 117 Å². The molecule has 0 fully saturated rings. The van der Waals surface area contributed by atoms with Crippen molar-refractivity contribution in [1.82, 2.24) is 0 Å². The van der Waals surface area contributed by atoms with Crippen LogP contribution < -0.4 is 9.47 Å². The zero-order valence-corrected chi connectivity index (χ0v) is 11.8. The molecule has 0 aliphatic carbocycles. The van der Waals surface area contributed by atoms with Gasteiger partial charge in [-0.1, -0.05) is 12.1 Å². The fourth-order valence-corrected chi connectivity index (χ4v) is 3.73. The highest BCUT2D eigenvalue weighted by Crippen LogP contribution is 2.37. The molecule has 0 saturated carbocycles. The summed E-state index contributed by atoms with van der Waals surface area (Å²) in [7, 11) is 0. The van der Waals surface area contributed by atoms with Crippen LogP contribution in [0, 0.1) is 0 Å².